The predicted octanol–water partition coefficient (Wildman–Crippen LogP) is 2.76. The van der Waals surface area contributed by atoms with Crippen LogP contribution < -0.4 is 5.32 Å². The number of carbonyl (C=O) groups excluding carboxylic acids is 2. The third-order valence-electron chi connectivity index (χ3n) is 3.61. The molecule has 126 valence electrons. The first-order valence-corrected chi connectivity index (χ1v) is 7.60. The highest BCUT2D eigenvalue weighted by molar-refractivity contribution is 5.98. The standard InChI is InChI=1S/C18H20N2O4/c1-4-15(16-6-5-11(2)10-19-16)20-17(22)12-7-13(18(23)24-3)9-14(21)8-12/h5-10,15,21H,4H2,1-3H3,(H,20,22). The first kappa shape index (κ1) is 17.5. The Kier molecular flexibility index (Phi) is 5.52. The second-order valence-electron chi connectivity index (χ2n) is 5.45. The summed E-state index contributed by atoms with van der Waals surface area (Å²) in [6.07, 6.45) is 2.40. The van der Waals surface area contributed by atoms with Crippen LogP contribution in [-0.2, 0) is 4.74 Å². The van der Waals surface area contributed by atoms with E-state index in [0.29, 0.717) is 6.42 Å². The van der Waals surface area contributed by atoms with Gasteiger partial charge in [-0.05, 0) is 43.2 Å². The van der Waals surface area contributed by atoms with E-state index >= 15 is 0 Å². The SMILES string of the molecule is CCC(NC(=O)c1cc(O)cc(C(=O)OC)c1)c1ccc(C)cn1. The first-order valence-electron chi connectivity index (χ1n) is 7.60. The van der Waals surface area contributed by atoms with Crippen LogP contribution in [-0.4, -0.2) is 29.1 Å². The Morgan fingerprint density at radius 1 is 1.25 bits per heavy atom. The lowest BCUT2D eigenvalue weighted by Crippen LogP contribution is -2.29. The largest absolute Gasteiger partial charge is 0.508 e. The lowest BCUT2D eigenvalue weighted by molar-refractivity contribution is 0.0600. The molecular formula is C18H20N2O4. The van der Waals surface area contributed by atoms with Crippen LogP contribution in [0, 0.1) is 6.92 Å². The fraction of sp³-hybridized carbons (Fsp3) is 0.278. The number of hydrogen-bond donors (Lipinski definition) is 2. The van der Waals surface area contributed by atoms with E-state index in [-0.39, 0.29) is 22.9 Å². The molecule has 0 aliphatic heterocycles. The Hall–Kier alpha value is -2.89. The lowest BCUT2D eigenvalue weighted by atomic mass is 10.1. The van der Waals surface area contributed by atoms with Gasteiger partial charge in [0.05, 0.1) is 24.4 Å². The summed E-state index contributed by atoms with van der Waals surface area (Å²) in [5, 5.41) is 12.6. The molecule has 0 spiro atoms. The predicted molar refractivity (Wildman–Crippen MR) is 88.9 cm³/mol. The van der Waals surface area contributed by atoms with Crippen LogP contribution in [0.2, 0.25) is 0 Å². The van der Waals surface area contributed by atoms with Gasteiger partial charge in [0, 0.05) is 11.8 Å². The number of pyridine rings is 1. The fourth-order valence-corrected chi connectivity index (χ4v) is 2.29. The molecule has 0 saturated carbocycles. The number of amides is 1. The van der Waals surface area contributed by atoms with Gasteiger partial charge in [-0.1, -0.05) is 13.0 Å². The summed E-state index contributed by atoms with van der Waals surface area (Å²) in [7, 11) is 1.24. The normalized spacial score (nSPS) is 11.6. The number of aromatic nitrogens is 1. The highest BCUT2D eigenvalue weighted by atomic mass is 16.5. The number of nitrogens with one attached hydrogen (secondary N) is 1. The third-order valence-corrected chi connectivity index (χ3v) is 3.61. The van der Waals surface area contributed by atoms with Gasteiger partial charge < -0.3 is 15.2 Å². The molecule has 1 atom stereocenters. The number of aryl methyl sites for hydroxylation is 1. The van der Waals surface area contributed by atoms with Crippen molar-refractivity contribution in [2.45, 2.75) is 26.3 Å². The second kappa shape index (κ2) is 7.59. The zero-order valence-electron chi connectivity index (χ0n) is 13.9. The van der Waals surface area contributed by atoms with Gasteiger partial charge in [-0.25, -0.2) is 4.79 Å². The molecule has 0 fully saturated rings. The van der Waals surface area contributed by atoms with E-state index in [2.05, 4.69) is 15.0 Å². The van der Waals surface area contributed by atoms with Crippen LogP contribution in [0.5, 0.6) is 5.75 Å². The zero-order valence-corrected chi connectivity index (χ0v) is 13.9. The molecule has 24 heavy (non-hydrogen) atoms. The van der Waals surface area contributed by atoms with E-state index in [4.69, 9.17) is 0 Å². The number of rotatable bonds is 5. The Bertz CT molecular complexity index is 741. The van der Waals surface area contributed by atoms with Gasteiger partial charge in [-0.15, -0.1) is 0 Å². The summed E-state index contributed by atoms with van der Waals surface area (Å²) < 4.78 is 4.62. The van der Waals surface area contributed by atoms with Crippen molar-refractivity contribution in [3.8, 4) is 5.75 Å². The number of ether oxygens (including phenoxy) is 1. The third kappa shape index (κ3) is 4.10. The van der Waals surface area contributed by atoms with Crippen LogP contribution in [0.3, 0.4) is 0 Å². The van der Waals surface area contributed by atoms with Crippen molar-refractivity contribution in [3.63, 3.8) is 0 Å². The van der Waals surface area contributed by atoms with E-state index in [1.54, 1.807) is 6.20 Å². The van der Waals surface area contributed by atoms with E-state index in [1.807, 2.05) is 26.0 Å². The van der Waals surface area contributed by atoms with Crippen molar-refractivity contribution < 1.29 is 19.4 Å². The van der Waals surface area contributed by atoms with E-state index < -0.39 is 11.9 Å². The van der Waals surface area contributed by atoms with Crippen molar-refractivity contribution >= 4 is 11.9 Å². The number of phenols is 1. The monoisotopic (exact) mass is 328 g/mol. The molecule has 6 heteroatoms. The highest BCUT2D eigenvalue weighted by Gasteiger charge is 2.18. The molecule has 2 aromatic rings. The molecule has 2 rings (SSSR count). The topological polar surface area (TPSA) is 88.5 Å². The number of benzene rings is 1. The summed E-state index contributed by atoms with van der Waals surface area (Å²) in [4.78, 5) is 28.4. The van der Waals surface area contributed by atoms with Crippen LogP contribution in [0.25, 0.3) is 0 Å². The number of carbonyl (C=O) groups is 2. The van der Waals surface area contributed by atoms with Crippen LogP contribution in [0.15, 0.2) is 36.5 Å². The van der Waals surface area contributed by atoms with Gasteiger partial charge in [0.25, 0.3) is 5.91 Å². The molecule has 0 radical (unpaired) electrons. The zero-order chi connectivity index (χ0) is 17.7. The molecule has 6 nitrogen and oxygen atoms in total. The van der Waals surface area contributed by atoms with Crippen molar-refractivity contribution in [1.29, 1.82) is 0 Å². The number of hydrogen-bond acceptors (Lipinski definition) is 5. The summed E-state index contributed by atoms with van der Waals surface area (Å²) in [5.41, 5.74) is 2.09. The smallest absolute Gasteiger partial charge is 0.338 e. The Balaban J connectivity index is 2.23. The van der Waals surface area contributed by atoms with Gasteiger partial charge in [0.1, 0.15) is 5.75 Å². The molecule has 0 aliphatic rings. The number of esters is 1. The number of aromatic hydroxyl groups is 1. The molecule has 1 amide bonds. The van der Waals surface area contributed by atoms with E-state index in [1.165, 1.54) is 25.3 Å². The molecule has 1 heterocycles. The summed E-state index contributed by atoms with van der Waals surface area (Å²) >= 11 is 0. The van der Waals surface area contributed by atoms with E-state index in [0.717, 1.165) is 11.3 Å². The van der Waals surface area contributed by atoms with E-state index in [9.17, 15) is 14.7 Å². The number of nitrogens with zero attached hydrogens (tertiary/aromatic N) is 1. The minimum Gasteiger partial charge on any atom is -0.508 e. The Morgan fingerprint density at radius 2 is 1.96 bits per heavy atom. The average Bonchev–Trinajstić information content (AvgIpc) is 2.59. The minimum absolute atomic E-state index is 0.115. The molecular weight excluding hydrogens is 308 g/mol. The molecule has 1 aromatic carbocycles. The first-order chi connectivity index (χ1) is 11.4. The molecule has 0 saturated heterocycles. The van der Waals surface area contributed by atoms with Crippen molar-refractivity contribution in [3.05, 3.63) is 58.9 Å². The van der Waals surface area contributed by atoms with Gasteiger partial charge in [-0.3, -0.25) is 9.78 Å². The van der Waals surface area contributed by atoms with Gasteiger partial charge in [-0.2, -0.15) is 0 Å². The summed E-state index contributed by atoms with van der Waals surface area (Å²) in [5.74, 6) is -1.19. The minimum atomic E-state index is -0.618. The lowest BCUT2D eigenvalue weighted by Gasteiger charge is -2.17. The number of phenolic OH excluding ortho intramolecular Hbond substituents is 1. The molecule has 1 unspecified atom stereocenters. The van der Waals surface area contributed by atoms with Gasteiger partial charge in [0.15, 0.2) is 0 Å². The molecule has 1 aromatic heterocycles. The Morgan fingerprint density at radius 3 is 2.54 bits per heavy atom. The van der Waals surface area contributed by atoms with Crippen molar-refractivity contribution in [2.75, 3.05) is 7.11 Å². The maximum absolute atomic E-state index is 12.5. The fourth-order valence-electron chi connectivity index (χ4n) is 2.29. The van der Waals surface area contributed by atoms with Crippen LogP contribution in [0.1, 0.15) is 51.4 Å². The molecule has 0 aliphatic carbocycles. The van der Waals surface area contributed by atoms with Crippen LogP contribution in [0.4, 0.5) is 0 Å². The second-order valence-corrected chi connectivity index (χ2v) is 5.45. The molecule has 2 N–H and O–H groups in total. The van der Waals surface area contributed by atoms with Crippen molar-refractivity contribution in [2.24, 2.45) is 0 Å². The van der Waals surface area contributed by atoms with Gasteiger partial charge >= 0.3 is 5.97 Å². The summed E-state index contributed by atoms with van der Waals surface area (Å²) in [6.45, 7) is 3.88. The van der Waals surface area contributed by atoms with Crippen molar-refractivity contribution in [1.82, 2.24) is 10.3 Å². The summed E-state index contributed by atoms with van der Waals surface area (Å²) in [6, 6.07) is 7.48. The highest BCUT2D eigenvalue weighted by Crippen LogP contribution is 2.19. The molecule has 0 bridgehead atoms. The maximum Gasteiger partial charge on any atom is 0.338 e. The maximum atomic E-state index is 12.5. The van der Waals surface area contributed by atoms with Crippen LogP contribution >= 0.6 is 0 Å². The number of methoxy groups -OCH3 is 1. The average molecular weight is 328 g/mol. The Labute approximate surface area is 140 Å². The van der Waals surface area contributed by atoms with Gasteiger partial charge in [0.2, 0.25) is 0 Å². The quantitative estimate of drug-likeness (QED) is 0.824.